The summed E-state index contributed by atoms with van der Waals surface area (Å²) in [5.74, 6) is 0. The van der Waals surface area contributed by atoms with E-state index in [0.717, 1.165) is 0 Å². The van der Waals surface area contributed by atoms with Crippen molar-refractivity contribution in [1.29, 1.82) is 0 Å². The van der Waals surface area contributed by atoms with E-state index in [0.29, 0.717) is 0 Å². The molecule has 1 heteroatoms. The average Bonchev–Trinajstić information content (AvgIpc) is 2.89. The number of hydrogen-bond donors (Lipinski definition) is 0. The summed E-state index contributed by atoms with van der Waals surface area (Å²) in [7, 11) is -1.09. The fourth-order valence-corrected chi connectivity index (χ4v) is 11.9. The van der Waals surface area contributed by atoms with Gasteiger partial charge in [-0.2, -0.15) is 0 Å². The summed E-state index contributed by atoms with van der Waals surface area (Å²) >= 11 is 0. The predicted octanol–water partition coefficient (Wildman–Crippen LogP) is 13.3. The third kappa shape index (κ3) is 24.7. The molecule has 36 heavy (non-hydrogen) atoms. The van der Waals surface area contributed by atoms with Gasteiger partial charge in [0.2, 0.25) is 0 Å². The van der Waals surface area contributed by atoms with Gasteiger partial charge in [0.1, 0.15) is 0 Å². The zero-order chi connectivity index (χ0) is 26.4. The van der Waals surface area contributed by atoms with Crippen LogP contribution in [-0.2, 0) is 0 Å². The molecule has 0 amide bonds. The van der Waals surface area contributed by atoms with Gasteiger partial charge in [-0.15, -0.1) is 0 Å². The van der Waals surface area contributed by atoms with Gasteiger partial charge in [0.15, 0.2) is 0 Å². The van der Waals surface area contributed by atoms with Crippen LogP contribution in [0.2, 0.25) is 0 Å². The van der Waals surface area contributed by atoms with Gasteiger partial charge in [-0.25, -0.2) is 0 Å². The molecule has 0 aliphatic rings. The van der Waals surface area contributed by atoms with E-state index in [1.165, 1.54) is 148 Å². The maximum atomic E-state index is 2.35. The van der Waals surface area contributed by atoms with Crippen LogP contribution < -0.4 is 0 Å². The molecular weight excluding hydrogens is 451 g/mol. The van der Waals surface area contributed by atoms with Gasteiger partial charge in [-0.1, -0.05) is 0 Å². The Hall–Kier alpha value is 0.430. The van der Waals surface area contributed by atoms with Crippen molar-refractivity contribution < 1.29 is 0 Å². The molecule has 0 aromatic heterocycles. The first kappa shape index (κ1) is 36.4. The van der Waals surface area contributed by atoms with Crippen LogP contribution in [0, 0.1) is 0 Å². The molecule has 0 radical (unpaired) electrons. The van der Waals surface area contributed by atoms with Crippen LogP contribution in [0.5, 0.6) is 0 Å². The van der Waals surface area contributed by atoms with Crippen molar-refractivity contribution in [2.24, 2.45) is 0 Å². The van der Waals surface area contributed by atoms with E-state index in [9.17, 15) is 0 Å². The zero-order valence-corrected chi connectivity index (χ0v) is 27.4. The van der Waals surface area contributed by atoms with Crippen molar-refractivity contribution in [3.8, 4) is 0 Å². The van der Waals surface area contributed by atoms with Gasteiger partial charge in [0, 0.05) is 0 Å². The molecule has 0 aliphatic carbocycles. The van der Waals surface area contributed by atoms with Crippen LogP contribution in [0.15, 0.2) is 0 Å². The third-order valence-electron chi connectivity index (χ3n) is 8.99. The number of unbranched alkanes of at least 4 members (excludes halogenated alkanes) is 23. The van der Waals surface area contributed by atoms with E-state index in [1.807, 2.05) is 0 Å². The molecule has 0 heterocycles. The van der Waals surface area contributed by atoms with Gasteiger partial charge < -0.3 is 0 Å². The molecule has 0 rings (SSSR count). The molecule has 0 unspecified atom stereocenters. The molecule has 0 saturated carbocycles. The zero-order valence-electron chi connectivity index (χ0n) is 26.4. The quantitative estimate of drug-likeness (QED) is 0.0622. The van der Waals surface area contributed by atoms with Gasteiger partial charge in [-0.3, -0.25) is 0 Å². The van der Waals surface area contributed by atoms with Gasteiger partial charge in [-0.05, 0) is 0 Å². The molecule has 220 valence electrons. The Kier molecular flexibility index (Phi) is 30.3. The van der Waals surface area contributed by atoms with Crippen LogP contribution in [0.3, 0.4) is 0 Å². The Balaban J connectivity index is 4.77. The topological polar surface area (TPSA) is 0 Å². The van der Waals surface area contributed by atoms with E-state index in [4.69, 9.17) is 0 Å². The summed E-state index contributed by atoms with van der Waals surface area (Å²) < 4.78 is 0. The van der Waals surface area contributed by atoms with Crippen molar-refractivity contribution in [3.63, 3.8) is 0 Å². The second-order valence-corrected chi connectivity index (χ2v) is 17.6. The molecule has 0 atom stereocenters. The molecular formula is C35H75P. The van der Waals surface area contributed by atoms with Crippen molar-refractivity contribution in [2.75, 3.05) is 24.6 Å². The minimum absolute atomic E-state index is 1.09. The molecule has 0 aliphatic heterocycles. The second-order valence-electron chi connectivity index (χ2n) is 12.6. The minimum atomic E-state index is -1.09. The van der Waals surface area contributed by atoms with Crippen molar-refractivity contribution >= 4 is 7.26 Å². The Morgan fingerprint density at radius 3 is 0.583 bits per heavy atom. The Bertz CT molecular complexity index is 345. The first-order valence-electron chi connectivity index (χ1n) is 17.7. The van der Waals surface area contributed by atoms with Gasteiger partial charge >= 0.3 is 233 Å². The summed E-state index contributed by atoms with van der Waals surface area (Å²) in [5.41, 5.74) is 0. The monoisotopic (exact) mass is 527 g/mol. The van der Waals surface area contributed by atoms with E-state index >= 15 is 0 Å². The molecule has 0 saturated heterocycles. The van der Waals surface area contributed by atoms with E-state index in [-0.39, 0.29) is 0 Å². The molecule has 0 nitrogen and oxygen atoms in total. The van der Waals surface area contributed by atoms with Crippen molar-refractivity contribution in [3.05, 3.63) is 0 Å². The molecule has 0 aromatic rings. The summed E-state index contributed by atoms with van der Waals surface area (Å²) in [5, 5.41) is 0. The second kappa shape index (κ2) is 30.0. The molecule has 0 bridgehead atoms. The van der Waals surface area contributed by atoms with Crippen LogP contribution in [0.1, 0.15) is 201 Å². The van der Waals surface area contributed by atoms with Crippen molar-refractivity contribution in [1.82, 2.24) is 0 Å². The van der Waals surface area contributed by atoms with Crippen LogP contribution in [-0.4, -0.2) is 24.6 Å². The van der Waals surface area contributed by atoms with E-state index in [2.05, 4.69) is 27.7 Å². The summed E-state index contributed by atoms with van der Waals surface area (Å²) in [6.45, 7) is 9.38. The molecule has 0 spiro atoms. The summed E-state index contributed by atoms with van der Waals surface area (Å²) in [4.78, 5) is 0. The fourth-order valence-electron chi connectivity index (χ4n) is 6.40. The first-order chi connectivity index (χ1) is 17.7. The van der Waals surface area contributed by atoms with Crippen LogP contribution >= 0.6 is 7.26 Å². The normalized spacial score (nSPS) is 12.4. The molecule has 0 N–H and O–H groups in total. The summed E-state index contributed by atoms with van der Waals surface area (Å²) in [6.07, 6.45) is 46.9. The maximum absolute atomic E-state index is 2.35. The predicted molar refractivity (Wildman–Crippen MR) is 175 cm³/mol. The number of hydrogen-bond acceptors (Lipinski definition) is 0. The number of rotatable bonds is 31. The third-order valence-corrected chi connectivity index (χ3v) is 14.6. The molecule has 0 aromatic carbocycles. The van der Waals surface area contributed by atoms with Crippen LogP contribution in [0.4, 0.5) is 0 Å². The standard InChI is InChI=1S/C35H75P/c1-5-9-13-17-21-25-29-33-36(32-28-24-20-16-12-8-4,34-30-26-22-18-14-10-6-2)35-31-27-23-19-15-11-7-3/h36H,5-35H2,1-4H3. The Morgan fingerprint density at radius 1 is 0.222 bits per heavy atom. The first-order valence-corrected chi connectivity index (χ1v) is 20.6. The van der Waals surface area contributed by atoms with Crippen LogP contribution in [0.25, 0.3) is 0 Å². The van der Waals surface area contributed by atoms with E-state index in [1.54, 1.807) is 50.3 Å². The van der Waals surface area contributed by atoms with E-state index < -0.39 is 7.26 Å². The van der Waals surface area contributed by atoms with Gasteiger partial charge in [0.25, 0.3) is 0 Å². The summed E-state index contributed by atoms with van der Waals surface area (Å²) in [6, 6.07) is 0. The van der Waals surface area contributed by atoms with Crippen molar-refractivity contribution in [2.45, 2.75) is 201 Å². The Morgan fingerprint density at radius 2 is 0.389 bits per heavy atom. The Labute approximate surface area is 232 Å². The average molecular weight is 527 g/mol. The fraction of sp³-hybridized carbons (Fsp3) is 1.00. The van der Waals surface area contributed by atoms with Gasteiger partial charge in [0.05, 0.1) is 0 Å². The molecule has 0 fully saturated rings. The SMILES string of the molecule is CCCCCCCCC[PH](CCCCCCCC)(CCCCCCCCC)CCCCCCCCC.